The lowest BCUT2D eigenvalue weighted by molar-refractivity contribution is -0.143. The highest BCUT2D eigenvalue weighted by atomic mass is 16.5. The third-order valence-electron chi connectivity index (χ3n) is 7.15. The number of pyridine rings is 1. The van der Waals surface area contributed by atoms with E-state index in [2.05, 4.69) is 34.6 Å². The number of aromatic nitrogens is 1. The second-order valence-electron chi connectivity index (χ2n) is 8.92. The predicted octanol–water partition coefficient (Wildman–Crippen LogP) is 4.57. The molecule has 0 spiro atoms. The molecule has 0 radical (unpaired) electrons. The summed E-state index contributed by atoms with van der Waals surface area (Å²) in [6, 6.07) is 14.2. The highest BCUT2D eigenvalue weighted by Crippen LogP contribution is 2.66. The van der Waals surface area contributed by atoms with E-state index in [4.69, 9.17) is 4.74 Å². The first kappa shape index (κ1) is 16.8. The van der Waals surface area contributed by atoms with Gasteiger partial charge in [0, 0.05) is 6.20 Å². The number of hydrogen-bond donors (Lipinski definition) is 1. The number of benzene rings is 1. The van der Waals surface area contributed by atoms with Gasteiger partial charge in [-0.1, -0.05) is 18.2 Å². The highest BCUT2D eigenvalue weighted by molar-refractivity contribution is 5.95. The van der Waals surface area contributed by atoms with Crippen LogP contribution in [0, 0.1) is 17.3 Å². The molecule has 1 aromatic carbocycles. The molecular weight excluding hydrogens is 336 g/mol. The van der Waals surface area contributed by atoms with Gasteiger partial charge in [-0.3, -0.25) is 4.79 Å². The summed E-state index contributed by atoms with van der Waals surface area (Å²) in [5.74, 6) is 3.04. The van der Waals surface area contributed by atoms with Crippen molar-refractivity contribution in [1.29, 1.82) is 0 Å². The zero-order valence-electron chi connectivity index (χ0n) is 15.8. The maximum atomic E-state index is 13.4. The van der Waals surface area contributed by atoms with Gasteiger partial charge in [-0.2, -0.15) is 0 Å². The normalized spacial score (nSPS) is 33.7. The van der Waals surface area contributed by atoms with E-state index < -0.39 is 0 Å². The van der Waals surface area contributed by atoms with E-state index >= 15 is 0 Å². The van der Waals surface area contributed by atoms with E-state index in [1.165, 1.54) is 24.8 Å². The van der Waals surface area contributed by atoms with Gasteiger partial charge < -0.3 is 10.1 Å². The van der Waals surface area contributed by atoms with E-state index in [1.54, 1.807) is 13.3 Å². The fourth-order valence-electron chi connectivity index (χ4n) is 6.50. The molecule has 140 valence electrons. The van der Waals surface area contributed by atoms with Crippen LogP contribution in [0.2, 0.25) is 0 Å². The standard InChI is InChI=1S/C23H26N2O2/c1-27-19-7-5-18(6-8-19)22-11-16-10-17(12-22)14-23(13-16,15-22)21(26)25-20-4-2-3-9-24-20/h2-9,16-17H,10-15H2,1H3,(H,24,25,26). The number of hydrogen-bond acceptors (Lipinski definition) is 3. The molecule has 27 heavy (non-hydrogen) atoms. The Kier molecular flexibility index (Phi) is 3.78. The molecule has 1 heterocycles. The van der Waals surface area contributed by atoms with Gasteiger partial charge in [-0.25, -0.2) is 4.98 Å². The van der Waals surface area contributed by atoms with Crippen LogP contribution < -0.4 is 10.1 Å². The molecule has 4 nitrogen and oxygen atoms in total. The molecule has 1 N–H and O–H groups in total. The molecule has 1 aromatic heterocycles. The Morgan fingerprint density at radius 3 is 2.44 bits per heavy atom. The number of nitrogens with one attached hydrogen (secondary N) is 1. The number of carbonyl (C=O) groups excluding carboxylic acids is 1. The summed E-state index contributed by atoms with van der Waals surface area (Å²) in [4.78, 5) is 17.7. The third-order valence-corrected chi connectivity index (χ3v) is 7.15. The average molecular weight is 362 g/mol. The SMILES string of the molecule is COc1ccc(C23CC4CC(CC(C(=O)Nc5ccccn5)(C4)C2)C3)cc1. The van der Waals surface area contributed by atoms with E-state index in [-0.39, 0.29) is 16.7 Å². The number of carbonyl (C=O) groups is 1. The quantitative estimate of drug-likeness (QED) is 0.867. The first-order chi connectivity index (χ1) is 13.1. The zero-order chi connectivity index (χ0) is 18.5. The molecule has 4 aliphatic carbocycles. The van der Waals surface area contributed by atoms with Crippen molar-refractivity contribution in [3.63, 3.8) is 0 Å². The second kappa shape index (κ2) is 6.08. The first-order valence-electron chi connectivity index (χ1n) is 9.98. The fraction of sp³-hybridized carbons (Fsp3) is 0.478. The highest BCUT2D eigenvalue weighted by Gasteiger charge is 2.60. The Hall–Kier alpha value is -2.36. The van der Waals surface area contributed by atoms with Gasteiger partial charge in [-0.15, -0.1) is 0 Å². The van der Waals surface area contributed by atoms with Crippen molar-refractivity contribution in [1.82, 2.24) is 4.98 Å². The topological polar surface area (TPSA) is 51.2 Å². The van der Waals surface area contributed by atoms with E-state index in [0.29, 0.717) is 17.7 Å². The number of rotatable bonds is 4. The smallest absolute Gasteiger partial charge is 0.231 e. The van der Waals surface area contributed by atoms with Gasteiger partial charge in [0.25, 0.3) is 0 Å². The molecule has 4 heteroatoms. The third kappa shape index (κ3) is 2.73. The minimum absolute atomic E-state index is 0.137. The van der Waals surface area contributed by atoms with Crippen molar-refractivity contribution in [2.75, 3.05) is 12.4 Å². The lowest BCUT2D eigenvalue weighted by Crippen LogP contribution is -2.58. The van der Waals surface area contributed by atoms with Crippen molar-refractivity contribution in [2.24, 2.45) is 17.3 Å². The van der Waals surface area contributed by atoms with Crippen LogP contribution in [0.5, 0.6) is 5.75 Å². The minimum Gasteiger partial charge on any atom is -0.497 e. The summed E-state index contributed by atoms with van der Waals surface area (Å²) in [5, 5.41) is 3.12. The van der Waals surface area contributed by atoms with Crippen LogP contribution in [0.3, 0.4) is 0 Å². The molecule has 0 saturated heterocycles. The summed E-state index contributed by atoms with van der Waals surface area (Å²) >= 11 is 0. The summed E-state index contributed by atoms with van der Waals surface area (Å²) in [7, 11) is 1.71. The number of methoxy groups -OCH3 is 1. The maximum absolute atomic E-state index is 13.4. The number of anilines is 1. The van der Waals surface area contributed by atoms with Gasteiger partial charge >= 0.3 is 0 Å². The monoisotopic (exact) mass is 362 g/mol. The Balaban J connectivity index is 1.47. The van der Waals surface area contributed by atoms with Crippen LogP contribution in [0.15, 0.2) is 48.7 Å². The van der Waals surface area contributed by atoms with Crippen molar-refractivity contribution >= 4 is 11.7 Å². The summed E-state index contributed by atoms with van der Waals surface area (Å²) in [5.41, 5.74) is 1.27. The van der Waals surface area contributed by atoms with Gasteiger partial charge in [0.2, 0.25) is 5.91 Å². The Morgan fingerprint density at radius 1 is 1.07 bits per heavy atom. The molecule has 2 unspecified atom stereocenters. The minimum atomic E-state index is -0.248. The van der Waals surface area contributed by atoms with Crippen molar-refractivity contribution < 1.29 is 9.53 Å². The number of ether oxygens (including phenoxy) is 1. The molecule has 2 atom stereocenters. The maximum Gasteiger partial charge on any atom is 0.231 e. The van der Waals surface area contributed by atoms with Gasteiger partial charge in [0.05, 0.1) is 12.5 Å². The Morgan fingerprint density at radius 2 is 1.81 bits per heavy atom. The van der Waals surface area contributed by atoms with E-state index in [1.807, 2.05) is 18.2 Å². The molecule has 2 aromatic rings. The molecule has 0 aliphatic heterocycles. The fourth-order valence-corrected chi connectivity index (χ4v) is 6.50. The van der Waals surface area contributed by atoms with Crippen molar-refractivity contribution in [3.05, 3.63) is 54.2 Å². The second-order valence-corrected chi connectivity index (χ2v) is 8.92. The predicted molar refractivity (Wildman–Crippen MR) is 105 cm³/mol. The number of amides is 1. The Labute approximate surface area is 160 Å². The van der Waals surface area contributed by atoms with Crippen LogP contribution in [0.25, 0.3) is 0 Å². The van der Waals surface area contributed by atoms with Crippen molar-refractivity contribution in [2.45, 2.75) is 43.9 Å². The molecule has 4 aliphatic rings. The first-order valence-corrected chi connectivity index (χ1v) is 9.98. The van der Waals surface area contributed by atoms with Crippen LogP contribution in [0.1, 0.15) is 44.1 Å². The molecular formula is C23H26N2O2. The van der Waals surface area contributed by atoms with Crippen LogP contribution >= 0.6 is 0 Å². The Bertz CT molecular complexity index is 832. The summed E-state index contributed by atoms with van der Waals surface area (Å²) < 4.78 is 5.34. The van der Waals surface area contributed by atoms with Crippen LogP contribution in [0.4, 0.5) is 5.82 Å². The number of nitrogens with zero attached hydrogens (tertiary/aromatic N) is 1. The summed E-state index contributed by atoms with van der Waals surface area (Å²) in [6.07, 6.45) is 8.46. The molecule has 4 bridgehead atoms. The van der Waals surface area contributed by atoms with Gasteiger partial charge in [-0.05, 0) is 85.6 Å². The van der Waals surface area contributed by atoms with E-state index in [9.17, 15) is 4.79 Å². The molecule has 4 fully saturated rings. The lowest BCUT2D eigenvalue weighted by atomic mass is 9.42. The zero-order valence-corrected chi connectivity index (χ0v) is 15.8. The molecule has 6 rings (SSSR count). The average Bonchev–Trinajstić information content (AvgIpc) is 2.68. The van der Waals surface area contributed by atoms with Gasteiger partial charge in [0.1, 0.15) is 11.6 Å². The van der Waals surface area contributed by atoms with Crippen molar-refractivity contribution in [3.8, 4) is 5.75 Å². The molecule has 4 saturated carbocycles. The van der Waals surface area contributed by atoms with Crippen LogP contribution in [-0.2, 0) is 10.2 Å². The largest absolute Gasteiger partial charge is 0.497 e. The lowest BCUT2D eigenvalue weighted by Gasteiger charge is -2.61. The van der Waals surface area contributed by atoms with E-state index in [0.717, 1.165) is 25.0 Å². The summed E-state index contributed by atoms with van der Waals surface area (Å²) in [6.45, 7) is 0. The van der Waals surface area contributed by atoms with Gasteiger partial charge in [0.15, 0.2) is 0 Å². The van der Waals surface area contributed by atoms with Crippen LogP contribution in [-0.4, -0.2) is 18.0 Å². The molecule has 1 amide bonds.